The van der Waals surface area contributed by atoms with Gasteiger partial charge >= 0.3 is 11.9 Å². The highest BCUT2D eigenvalue weighted by Gasteiger charge is 2.19. The van der Waals surface area contributed by atoms with Gasteiger partial charge in [0.05, 0.1) is 43.2 Å². The van der Waals surface area contributed by atoms with Crippen LogP contribution in [0.25, 0.3) is 22.3 Å². The zero-order valence-corrected chi connectivity index (χ0v) is 28.1. The molecule has 0 aliphatic heterocycles. The Balaban J connectivity index is 1.27. The molecule has 0 aliphatic carbocycles. The summed E-state index contributed by atoms with van der Waals surface area (Å²) >= 11 is 0. The Morgan fingerprint density at radius 3 is 2.31 bits per heavy atom. The third-order valence-electron chi connectivity index (χ3n) is 6.85. The summed E-state index contributed by atoms with van der Waals surface area (Å²) in [6.07, 6.45) is -0.850. The maximum absolute atomic E-state index is 12.9. The number of benzene rings is 3. The zero-order chi connectivity index (χ0) is 35.0. The number of hydrogen-bond acceptors (Lipinski definition) is 13. The van der Waals surface area contributed by atoms with E-state index in [0.29, 0.717) is 39.5 Å². The van der Waals surface area contributed by atoms with E-state index in [1.165, 1.54) is 32.4 Å². The molecule has 0 fully saturated rings. The predicted molar refractivity (Wildman–Crippen MR) is 173 cm³/mol. The number of aromatic nitrogens is 2. The van der Waals surface area contributed by atoms with E-state index in [1.807, 2.05) is 13.8 Å². The van der Waals surface area contributed by atoms with Crippen molar-refractivity contribution < 1.29 is 50.2 Å². The lowest BCUT2D eigenvalue weighted by molar-refractivity contribution is -0.152. The number of ether oxygens (including phenoxy) is 4. The van der Waals surface area contributed by atoms with Gasteiger partial charge in [0.1, 0.15) is 52.4 Å². The molecular formula is C31H33N3O12S2. The van der Waals surface area contributed by atoms with Crippen molar-refractivity contribution in [1.82, 2.24) is 14.9 Å². The molecule has 0 unspecified atom stereocenters. The van der Waals surface area contributed by atoms with Crippen LogP contribution in [0, 0.1) is 13.8 Å². The maximum atomic E-state index is 12.9. The Hall–Kier alpha value is -5.00. The number of aryl methyl sites for hydroxylation is 2. The number of nitrogens with one attached hydrogen (secondary N) is 2. The van der Waals surface area contributed by atoms with Gasteiger partial charge in [-0.2, -0.15) is 0 Å². The van der Waals surface area contributed by atoms with Crippen molar-refractivity contribution in [1.29, 1.82) is 0 Å². The van der Waals surface area contributed by atoms with E-state index < -0.39 is 39.1 Å². The van der Waals surface area contributed by atoms with Gasteiger partial charge in [-0.05, 0) is 59.7 Å². The minimum Gasteiger partial charge on any atom is -0.497 e. The molecule has 3 aromatic carbocycles. The van der Waals surface area contributed by atoms with Crippen molar-refractivity contribution in [2.45, 2.75) is 37.3 Å². The van der Waals surface area contributed by atoms with Crippen molar-refractivity contribution in [3.8, 4) is 28.6 Å². The number of esters is 1. The molecule has 17 heteroatoms. The average molecular weight is 704 g/mol. The summed E-state index contributed by atoms with van der Waals surface area (Å²) in [6.45, 7) is 3.50. The van der Waals surface area contributed by atoms with Gasteiger partial charge in [0, 0.05) is 17.7 Å². The van der Waals surface area contributed by atoms with Crippen LogP contribution in [0.15, 0.2) is 58.2 Å². The number of H-pyrrole nitrogens is 1. The summed E-state index contributed by atoms with van der Waals surface area (Å²) in [4.78, 5) is 50.4. The number of rotatable bonds is 15. The second-order valence-corrected chi connectivity index (χ2v) is 13.0. The second kappa shape index (κ2) is 15.7. The molecule has 0 atom stereocenters. The summed E-state index contributed by atoms with van der Waals surface area (Å²) in [7, 11) is -4.09. The van der Waals surface area contributed by atoms with Gasteiger partial charge in [-0.1, -0.05) is 12.1 Å². The predicted octanol–water partition coefficient (Wildman–Crippen LogP) is 2.47. The number of carbonyl (C=O) groups is 2. The summed E-state index contributed by atoms with van der Waals surface area (Å²) < 4.78 is 68.2. The Kier molecular flexibility index (Phi) is 11.7. The SMILES string of the molecule is COc1cc(OC)c2c(=O)[nH]c(-c3cc(C)c(OCCOC(=O)CCC(=O)ONS(=O)(=O)c4cccc(C[SH](=O)=O)c4)c(C)c3)nc2c1. The molecule has 0 saturated heterocycles. The van der Waals surface area contributed by atoms with E-state index in [2.05, 4.69) is 14.8 Å². The lowest BCUT2D eigenvalue weighted by Gasteiger charge is -2.15. The molecule has 0 spiro atoms. The number of nitrogens with zero attached hydrogens (tertiary/aromatic N) is 1. The Bertz CT molecular complexity index is 2060. The van der Waals surface area contributed by atoms with Crippen LogP contribution in [0.1, 0.15) is 29.5 Å². The van der Waals surface area contributed by atoms with Gasteiger partial charge in [0.15, 0.2) is 0 Å². The minimum absolute atomic E-state index is 0.00131. The number of aromatic amines is 1. The molecule has 48 heavy (non-hydrogen) atoms. The highest BCUT2D eigenvalue weighted by Crippen LogP contribution is 2.31. The van der Waals surface area contributed by atoms with Gasteiger partial charge in [0.25, 0.3) is 15.6 Å². The van der Waals surface area contributed by atoms with E-state index in [0.717, 1.165) is 17.2 Å². The molecule has 0 amide bonds. The van der Waals surface area contributed by atoms with Crippen LogP contribution in [-0.2, 0) is 45.6 Å². The van der Waals surface area contributed by atoms with Crippen LogP contribution < -0.4 is 24.7 Å². The van der Waals surface area contributed by atoms with Crippen LogP contribution >= 0.6 is 0 Å². The fraction of sp³-hybridized carbons (Fsp3) is 0.290. The van der Waals surface area contributed by atoms with Crippen molar-refractivity contribution in [3.63, 3.8) is 0 Å². The van der Waals surface area contributed by atoms with Crippen LogP contribution in [0.4, 0.5) is 0 Å². The van der Waals surface area contributed by atoms with Gasteiger partial charge < -0.3 is 28.8 Å². The number of sulfonamides is 1. The van der Waals surface area contributed by atoms with E-state index in [-0.39, 0.29) is 41.4 Å². The summed E-state index contributed by atoms with van der Waals surface area (Å²) in [5.41, 5.74) is 2.39. The van der Waals surface area contributed by atoms with Crippen molar-refractivity contribution in [3.05, 3.63) is 75.6 Å². The average Bonchev–Trinajstić information content (AvgIpc) is 3.04. The number of thiol groups is 1. The molecular weight excluding hydrogens is 670 g/mol. The van der Waals surface area contributed by atoms with Gasteiger partial charge in [-0.15, -0.1) is 0 Å². The molecule has 15 nitrogen and oxygen atoms in total. The highest BCUT2D eigenvalue weighted by atomic mass is 32.2. The molecule has 0 radical (unpaired) electrons. The first-order valence-corrected chi connectivity index (χ1v) is 17.1. The Morgan fingerprint density at radius 2 is 1.65 bits per heavy atom. The number of fused-ring (bicyclic) bond motifs is 1. The fourth-order valence-corrected chi connectivity index (χ4v) is 6.04. The molecule has 4 aromatic rings. The molecule has 256 valence electrons. The van der Waals surface area contributed by atoms with Crippen molar-refractivity contribution in [2.24, 2.45) is 0 Å². The summed E-state index contributed by atoms with van der Waals surface area (Å²) in [5.74, 6) is -0.408. The highest BCUT2D eigenvalue weighted by molar-refractivity contribution is 7.89. The summed E-state index contributed by atoms with van der Waals surface area (Å²) in [5, 5.41) is 0.295. The van der Waals surface area contributed by atoms with E-state index in [1.54, 1.807) is 29.2 Å². The third kappa shape index (κ3) is 9.08. The lowest BCUT2D eigenvalue weighted by atomic mass is 10.0. The first-order chi connectivity index (χ1) is 22.8. The minimum atomic E-state index is -4.29. The number of methoxy groups -OCH3 is 2. The smallest absolute Gasteiger partial charge is 0.326 e. The molecule has 2 N–H and O–H groups in total. The van der Waals surface area contributed by atoms with Gasteiger partial charge in [-0.25, -0.2) is 21.8 Å². The molecule has 1 aromatic heterocycles. The third-order valence-corrected chi connectivity index (χ3v) is 8.65. The Labute approximate surface area is 277 Å². The maximum Gasteiger partial charge on any atom is 0.326 e. The number of carbonyl (C=O) groups excluding carboxylic acids is 2. The number of hydrogen-bond donors (Lipinski definition) is 3. The monoisotopic (exact) mass is 703 g/mol. The standard InChI is InChI=1S/C31H33N3O12S2/c1-18-12-21(30-32-24-15-22(42-3)16-25(43-4)28(24)31(37)33-30)13-19(2)29(18)45-11-10-44-26(35)8-9-27(36)46-34-48(40,41)23-7-5-6-20(14-23)17-47(38)39/h5-7,12-16,34,47H,8-11,17H2,1-4H3,(H,32,33,37). The normalized spacial score (nSPS) is 11.4. The first-order valence-electron chi connectivity index (χ1n) is 14.3. The summed E-state index contributed by atoms with van der Waals surface area (Å²) in [6, 6.07) is 12.0. The van der Waals surface area contributed by atoms with Crippen LogP contribution in [-0.4, -0.2) is 66.2 Å². The zero-order valence-electron chi connectivity index (χ0n) is 26.4. The Morgan fingerprint density at radius 1 is 0.938 bits per heavy atom. The molecule has 1 heterocycles. The van der Waals surface area contributed by atoms with E-state index >= 15 is 0 Å². The first kappa shape index (κ1) is 35.8. The molecule has 0 bridgehead atoms. The van der Waals surface area contributed by atoms with Crippen molar-refractivity contribution in [2.75, 3.05) is 27.4 Å². The second-order valence-electron chi connectivity index (χ2n) is 10.3. The van der Waals surface area contributed by atoms with E-state index in [4.69, 9.17) is 18.9 Å². The molecule has 4 rings (SSSR count). The quantitative estimate of drug-likeness (QED) is 0.0705. The van der Waals surface area contributed by atoms with Crippen LogP contribution in [0.3, 0.4) is 0 Å². The largest absolute Gasteiger partial charge is 0.497 e. The lowest BCUT2D eigenvalue weighted by Crippen LogP contribution is -2.27. The fourth-order valence-electron chi connectivity index (χ4n) is 4.68. The van der Waals surface area contributed by atoms with Crippen LogP contribution in [0.5, 0.6) is 17.2 Å². The van der Waals surface area contributed by atoms with Gasteiger partial charge in [0.2, 0.25) is 0 Å². The van der Waals surface area contributed by atoms with Crippen molar-refractivity contribution >= 4 is 43.6 Å². The molecule has 0 aliphatic rings. The molecule has 0 saturated carbocycles. The van der Waals surface area contributed by atoms with E-state index in [9.17, 15) is 31.2 Å². The topological polar surface area (TPSA) is 206 Å². The van der Waals surface area contributed by atoms with Gasteiger partial charge in [-0.3, -0.25) is 14.4 Å². The van der Waals surface area contributed by atoms with Crippen LogP contribution in [0.2, 0.25) is 0 Å².